The molecule has 0 radical (unpaired) electrons. The summed E-state index contributed by atoms with van der Waals surface area (Å²) in [5.41, 5.74) is 1.84. The number of hydrogen-bond acceptors (Lipinski definition) is 2. The van der Waals surface area contributed by atoms with E-state index in [-0.39, 0.29) is 5.60 Å². The second-order valence-electron chi connectivity index (χ2n) is 5.38. The maximum absolute atomic E-state index is 5.77. The SMILES string of the molecule is CC(C)(C)Oc1ccc(N=Cc2ccccc2)cc1. The van der Waals surface area contributed by atoms with Crippen LogP contribution in [0.5, 0.6) is 5.75 Å². The van der Waals surface area contributed by atoms with E-state index in [0.717, 1.165) is 17.0 Å². The Balaban J connectivity index is 2.05. The highest BCUT2D eigenvalue weighted by molar-refractivity contribution is 5.81. The Kier molecular flexibility index (Phi) is 4.00. The third-order valence-electron chi connectivity index (χ3n) is 2.42. The largest absolute Gasteiger partial charge is 0.488 e. The zero-order valence-corrected chi connectivity index (χ0v) is 11.6. The molecule has 0 amide bonds. The first-order valence-corrected chi connectivity index (χ1v) is 6.41. The smallest absolute Gasteiger partial charge is 0.120 e. The van der Waals surface area contributed by atoms with Crippen molar-refractivity contribution in [1.82, 2.24) is 0 Å². The Morgan fingerprint density at radius 2 is 1.53 bits per heavy atom. The molecule has 0 aliphatic carbocycles. The first-order valence-electron chi connectivity index (χ1n) is 6.41. The topological polar surface area (TPSA) is 21.6 Å². The molecule has 2 aromatic carbocycles. The van der Waals surface area contributed by atoms with Crippen LogP contribution in [0.4, 0.5) is 5.69 Å². The molecule has 2 aromatic rings. The number of hydrogen-bond donors (Lipinski definition) is 0. The molecule has 2 nitrogen and oxygen atoms in total. The highest BCUT2D eigenvalue weighted by Crippen LogP contribution is 2.21. The summed E-state index contributed by atoms with van der Waals surface area (Å²) in [6.07, 6.45) is 1.86. The minimum absolute atomic E-state index is 0.172. The number of rotatable bonds is 3. The predicted molar refractivity (Wildman–Crippen MR) is 80.5 cm³/mol. The van der Waals surface area contributed by atoms with Crippen LogP contribution in [0.2, 0.25) is 0 Å². The molecule has 0 aliphatic rings. The Bertz CT molecular complexity index is 536. The molecule has 98 valence electrons. The van der Waals surface area contributed by atoms with Crippen LogP contribution in [-0.2, 0) is 0 Å². The highest BCUT2D eigenvalue weighted by atomic mass is 16.5. The lowest BCUT2D eigenvalue weighted by Gasteiger charge is -2.21. The predicted octanol–water partition coefficient (Wildman–Crippen LogP) is 4.61. The van der Waals surface area contributed by atoms with Gasteiger partial charge in [0.25, 0.3) is 0 Å². The van der Waals surface area contributed by atoms with Gasteiger partial charge in [-0.15, -0.1) is 0 Å². The molecule has 0 heterocycles. The van der Waals surface area contributed by atoms with Crippen molar-refractivity contribution in [2.45, 2.75) is 26.4 Å². The lowest BCUT2D eigenvalue weighted by molar-refractivity contribution is 0.131. The van der Waals surface area contributed by atoms with Crippen molar-refractivity contribution < 1.29 is 4.74 Å². The maximum atomic E-state index is 5.77. The summed E-state index contributed by atoms with van der Waals surface area (Å²) in [6.45, 7) is 6.11. The Morgan fingerprint density at radius 3 is 2.11 bits per heavy atom. The molecule has 0 fully saturated rings. The highest BCUT2D eigenvalue weighted by Gasteiger charge is 2.10. The van der Waals surface area contributed by atoms with E-state index in [1.807, 2.05) is 81.6 Å². The molecule has 0 unspecified atom stereocenters. The summed E-state index contributed by atoms with van der Waals surface area (Å²) < 4.78 is 5.77. The van der Waals surface area contributed by atoms with Gasteiger partial charge in [-0.25, -0.2) is 0 Å². The quantitative estimate of drug-likeness (QED) is 0.732. The first kappa shape index (κ1) is 13.3. The second-order valence-corrected chi connectivity index (χ2v) is 5.38. The van der Waals surface area contributed by atoms with Crippen LogP contribution in [0.3, 0.4) is 0 Å². The first-order chi connectivity index (χ1) is 9.03. The van der Waals surface area contributed by atoms with Crippen molar-refractivity contribution in [3.63, 3.8) is 0 Å². The molecule has 0 bridgehead atoms. The average Bonchev–Trinajstić information content (AvgIpc) is 2.37. The molecule has 0 spiro atoms. The van der Waals surface area contributed by atoms with Crippen LogP contribution < -0.4 is 4.74 Å². The fraction of sp³-hybridized carbons (Fsp3) is 0.235. The van der Waals surface area contributed by atoms with Gasteiger partial charge in [0, 0.05) is 6.21 Å². The zero-order chi connectivity index (χ0) is 13.7. The molecular weight excluding hydrogens is 234 g/mol. The molecular formula is C17H19NO. The molecule has 0 N–H and O–H groups in total. The van der Waals surface area contributed by atoms with E-state index < -0.39 is 0 Å². The van der Waals surface area contributed by atoms with Gasteiger partial charge < -0.3 is 4.74 Å². The van der Waals surface area contributed by atoms with E-state index >= 15 is 0 Å². The Labute approximate surface area is 114 Å². The average molecular weight is 253 g/mol. The van der Waals surface area contributed by atoms with Gasteiger partial charge in [-0.2, -0.15) is 0 Å². The lowest BCUT2D eigenvalue weighted by atomic mass is 10.2. The molecule has 0 aliphatic heterocycles. The summed E-state index contributed by atoms with van der Waals surface area (Å²) >= 11 is 0. The van der Waals surface area contributed by atoms with Crippen molar-refractivity contribution >= 4 is 11.9 Å². The molecule has 0 saturated carbocycles. The zero-order valence-electron chi connectivity index (χ0n) is 11.6. The summed E-state index contributed by atoms with van der Waals surface area (Å²) in [5, 5.41) is 0. The van der Waals surface area contributed by atoms with Crippen LogP contribution in [0.15, 0.2) is 59.6 Å². The van der Waals surface area contributed by atoms with Gasteiger partial charge in [-0.3, -0.25) is 4.99 Å². The summed E-state index contributed by atoms with van der Waals surface area (Å²) in [7, 11) is 0. The minimum Gasteiger partial charge on any atom is -0.488 e. The van der Waals surface area contributed by atoms with Crippen molar-refractivity contribution in [1.29, 1.82) is 0 Å². The van der Waals surface area contributed by atoms with E-state index in [9.17, 15) is 0 Å². The van der Waals surface area contributed by atoms with Gasteiger partial charge in [0.2, 0.25) is 0 Å². The van der Waals surface area contributed by atoms with Gasteiger partial charge in [-0.05, 0) is 50.6 Å². The summed E-state index contributed by atoms with van der Waals surface area (Å²) in [6, 6.07) is 17.9. The fourth-order valence-electron chi connectivity index (χ4n) is 1.64. The van der Waals surface area contributed by atoms with Crippen LogP contribution in [-0.4, -0.2) is 11.8 Å². The standard InChI is InChI=1S/C17H19NO/c1-17(2,3)19-16-11-9-15(10-12-16)18-13-14-7-5-4-6-8-14/h4-13H,1-3H3. The van der Waals surface area contributed by atoms with Gasteiger partial charge >= 0.3 is 0 Å². The Morgan fingerprint density at radius 1 is 0.895 bits per heavy atom. The van der Waals surface area contributed by atoms with Crippen molar-refractivity contribution in [2.24, 2.45) is 4.99 Å². The van der Waals surface area contributed by atoms with Gasteiger partial charge in [0.1, 0.15) is 11.4 Å². The van der Waals surface area contributed by atoms with Crippen molar-refractivity contribution in [3.8, 4) is 5.75 Å². The van der Waals surface area contributed by atoms with E-state index in [1.54, 1.807) is 0 Å². The number of ether oxygens (including phenoxy) is 1. The number of aliphatic imine (C=N–C) groups is 1. The Hall–Kier alpha value is -2.09. The summed E-state index contributed by atoms with van der Waals surface area (Å²) in [5.74, 6) is 0.867. The van der Waals surface area contributed by atoms with Gasteiger partial charge in [0.15, 0.2) is 0 Å². The lowest BCUT2D eigenvalue weighted by Crippen LogP contribution is -2.22. The van der Waals surface area contributed by atoms with Crippen LogP contribution in [0.1, 0.15) is 26.3 Å². The van der Waals surface area contributed by atoms with Crippen molar-refractivity contribution in [3.05, 3.63) is 60.2 Å². The van der Waals surface area contributed by atoms with E-state index in [4.69, 9.17) is 4.74 Å². The third-order valence-corrected chi connectivity index (χ3v) is 2.42. The molecule has 0 saturated heterocycles. The fourth-order valence-corrected chi connectivity index (χ4v) is 1.64. The van der Waals surface area contributed by atoms with E-state index in [2.05, 4.69) is 4.99 Å². The monoisotopic (exact) mass is 253 g/mol. The van der Waals surface area contributed by atoms with Crippen LogP contribution >= 0.6 is 0 Å². The van der Waals surface area contributed by atoms with E-state index in [1.165, 1.54) is 0 Å². The number of benzene rings is 2. The number of nitrogens with zero attached hydrogens (tertiary/aromatic N) is 1. The molecule has 19 heavy (non-hydrogen) atoms. The summed E-state index contributed by atoms with van der Waals surface area (Å²) in [4.78, 5) is 4.43. The molecule has 2 rings (SSSR count). The molecule has 2 heteroatoms. The van der Waals surface area contributed by atoms with Gasteiger partial charge in [-0.1, -0.05) is 30.3 Å². The molecule has 0 aromatic heterocycles. The molecule has 0 atom stereocenters. The van der Waals surface area contributed by atoms with Crippen molar-refractivity contribution in [2.75, 3.05) is 0 Å². The van der Waals surface area contributed by atoms with Gasteiger partial charge in [0.05, 0.1) is 5.69 Å². The normalized spacial score (nSPS) is 11.7. The third kappa shape index (κ3) is 4.59. The second kappa shape index (κ2) is 5.70. The maximum Gasteiger partial charge on any atom is 0.120 e. The van der Waals surface area contributed by atoms with E-state index in [0.29, 0.717) is 0 Å². The van der Waals surface area contributed by atoms with Crippen LogP contribution in [0.25, 0.3) is 0 Å². The minimum atomic E-state index is -0.172. The van der Waals surface area contributed by atoms with Crippen LogP contribution in [0, 0.1) is 0 Å².